The van der Waals surface area contributed by atoms with Crippen molar-refractivity contribution in [1.82, 2.24) is 4.31 Å². The molecule has 2 fully saturated rings. The highest BCUT2D eigenvalue weighted by molar-refractivity contribution is 7.89. The summed E-state index contributed by atoms with van der Waals surface area (Å²) in [6, 6.07) is 0. The first-order valence-corrected chi connectivity index (χ1v) is 9.79. The molecule has 0 amide bonds. The zero-order chi connectivity index (χ0) is 14.6. The van der Waals surface area contributed by atoms with Gasteiger partial charge >= 0.3 is 0 Å². The maximum atomic E-state index is 13.0. The maximum absolute atomic E-state index is 13.0. The van der Waals surface area contributed by atoms with Crippen molar-refractivity contribution in [2.45, 2.75) is 81.9 Å². The highest BCUT2D eigenvalue weighted by Crippen LogP contribution is 2.37. The van der Waals surface area contributed by atoms with Gasteiger partial charge in [0.1, 0.15) is 0 Å². The lowest BCUT2D eigenvalue weighted by Gasteiger charge is -2.42. The Balaban J connectivity index is 2.28. The van der Waals surface area contributed by atoms with Gasteiger partial charge in [-0.2, -0.15) is 4.31 Å². The Hall–Kier alpha value is -0.130. The fraction of sp³-hybridized carbons (Fsp3) is 1.00. The Bertz CT molecular complexity index is 394. The van der Waals surface area contributed by atoms with Crippen molar-refractivity contribution in [2.75, 3.05) is 13.1 Å². The van der Waals surface area contributed by atoms with Gasteiger partial charge in [0.05, 0.1) is 5.25 Å². The van der Waals surface area contributed by atoms with E-state index in [1.54, 1.807) is 4.31 Å². The molecule has 0 aromatic carbocycles. The molecule has 5 heteroatoms. The number of sulfonamides is 1. The third-order valence-electron chi connectivity index (χ3n) is 5.26. The second-order valence-electron chi connectivity index (χ2n) is 6.46. The van der Waals surface area contributed by atoms with Gasteiger partial charge in [0.15, 0.2) is 0 Å². The van der Waals surface area contributed by atoms with E-state index in [9.17, 15) is 8.42 Å². The minimum Gasteiger partial charge on any atom is -0.329 e. The van der Waals surface area contributed by atoms with E-state index in [4.69, 9.17) is 5.73 Å². The smallest absolute Gasteiger partial charge is 0.217 e. The van der Waals surface area contributed by atoms with E-state index in [-0.39, 0.29) is 10.8 Å². The summed E-state index contributed by atoms with van der Waals surface area (Å²) in [7, 11) is -3.18. The molecule has 20 heavy (non-hydrogen) atoms. The molecule has 2 saturated carbocycles. The summed E-state index contributed by atoms with van der Waals surface area (Å²) in [4.78, 5) is 0. The number of nitrogens with two attached hydrogens (primary N) is 1. The van der Waals surface area contributed by atoms with Crippen LogP contribution in [0, 0.1) is 0 Å². The molecule has 0 aromatic rings. The van der Waals surface area contributed by atoms with Crippen molar-refractivity contribution in [3.63, 3.8) is 0 Å². The number of likely N-dealkylation sites (N-methyl/N-ethyl adjacent to an activating group) is 1. The molecule has 0 aromatic heterocycles. The Morgan fingerprint density at radius 3 is 2.05 bits per heavy atom. The first kappa shape index (κ1) is 16.2. The second kappa shape index (κ2) is 6.75. The van der Waals surface area contributed by atoms with Crippen molar-refractivity contribution in [3.05, 3.63) is 0 Å². The van der Waals surface area contributed by atoms with Crippen LogP contribution < -0.4 is 5.73 Å². The Morgan fingerprint density at radius 1 is 1.05 bits per heavy atom. The van der Waals surface area contributed by atoms with Crippen molar-refractivity contribution in [3.8, 4) is 0 Å². The minimum atomic E-state index is -3.18. The predicted molar refractivity (Wildman–Crippen MR) is 83.0 cm³/mol. The van der Waals surface area contributed by atoms with Crippen molar-refractivity contribution < 1.29 is 8.42 Å². The van der Waals surface area contributed by atoms with Crippen LogP contribution in [0.2, 0.25) is 0 Å². The van der Waals surface area contributed by atoms with Gasteiger partial charge in [0, 0.05) is 18.6 Å². The molecule has 0 atom stereocenters. The fourth-order valence-corrected chi connectivity index (χ4v) is 6.54. The van der Waals surface area contributed by atoms with E-state index < -0.39 is 10.0 Å². The van der Waals surface area contributed by atoms with Gasteiger partial charge in [-0.3, -0.25) is 0 Å². The molecule has 0 heterocycles. The van der Waals surface area contributed by atoms with E-state index in [1.807, 2.05) is 6.92 Å². The van der Waals surface area contributed by atoms with Gasteiger partial charge in [-0.05, 0) is 25.7 Å². The Kier molecular flexibility index (Phi) is 5.49. The van der Waals surface area contributed by atoms with Crippen molar-refractivity contribution in [2.24, 2.45) is 5.73 Å². The summed E-state index contributed by atoms with van der Waals surface area (Å²) >= 11 is 0. The molecular weight excluding hydrogens is 272 g/mol. The molecule has 0 aliphatic heterocycles. The molecule has 0 spiro atoms. The Morgan fingerprint density at radius 2 is 1.60 bits per heavy atom. The van der Waals surface area contributed by atoms with Gasteiger partial charge in [0.25, 0.3) is 0 Å². The minimum absolute atomic E-state index is 0.158. The quantitative estimate of drug-likeness (QED) is 0.794. The molecule has 0 unspecified atom stereocenters. The van der Waals surface area contributed by atoms with Crippen LogP contribution in [-0.2, 0) is 10.0 Å². The SMILES string of the molecule is CCN(C1(CN)CCCCCC1)S(=O)(=O)C1CCCC1. The highest BCUT2D eigenvalue weighted by atomic mass is 32.2. The molecule has 0 saturated heterocycles. The lowest BCUT2D eigenvalue weighted by atomic mass is 9.90. The van der Waals surface area contributed by atoms with E-state index in [2.05, 4.69) is 0 Å². The summed E-state index contributed by atoms with van der Waals surface area (Å²) < 4.78 is 27.8. The van der Waals surface area contributed by atoms with Crippen LogP contribution in [0.1, 0.15) is 71.1 Å². The van der Waals surface area contributed by atoms with Crippen molar-refractivity contribution in [1.29, 1.82) is 0 Å². The lowest BCUT2D eigenvalue weighted by Crippen LogP contribution is -2.57. The van der Waals surface area contributed by atoms with E-state index in [0.29, 0.717) is 13.1 Å². The third kappa shape index (κ3) is 3.04. The molecule has 0 radical (unpaired) electrons. The van der Waals surface area contributed by atoms with Crippen LogP contribution in [0.3, 0.4) is 0 Å². The number of nitrogens with zero attached hydrogens (tertiary/aromatic N) is 1. The predicted octanol–water partition coefficient (Wildman–Crippen LogP) is 2.63. The second-order valence-corrected chi connectivity index (χ2v) is 8.60. The standard InChI is InChI=1S/C15H30N2O2S/c1-2-17(20(18,19)14-9-5-6-10-14)15(13-16)11-7-3-4-8-12-15/h14H,2-13,16H2,1H3. The summed E-state index contributed by atoms with van der Waals surface area (Å²) in [6.07, 6.45) is 10.3. The molecule has 2 N–H and O–H groups in total. The summed E-state index contributed by atoms with van der Waals surface area (Å²) in [6.45, 7) is 3.00. The van der Waals surface area contributed by atoms with Gasteiger partial charge in [-0.15, -0.1) is 0 Å². The summed E-state index contributed by atoms with van der Waals surface area (Å²) in [5.41, 5.74) is 5.76. The first-order chi connectivity index (χ1) is 9.57. The zero-order valence-corrected chi connectivity index (χ0v) is 13.6. The number of hydrogen-bond donors (Lipinski definition) is 1. The maximum Gasteiger partial charge on any atom is 0.217 e. The van der Waals surface area contributed by atoms with Crippen LogP contribution in [-0.4, -0.2) is 36.6 Å². The van der Waals surface area contributed by atoms with Gasteiger partial charge < -0.3 is 5.73 Å². The lowest BCUT2D eigenvalue weighted by molar-refractivity contribution is 0.172. The van der Waals surface area contributed by atoms with Crippen LogP contribution in [0.25, 0.3) is 0 Å². The number of hydrogen-bond acceptors (Lipinski definition) is 3. The molecule has 4 nitrogen and oxygen atoms in total. The fourth-order valence-electron chi connectivity index (χ4n) is 4.09. The molecule has 2 aliphatic carbocycles. The van der Waals surface area contributed by atoms with E-state index >= 15 is 0 Å². The average Bonchev–Trinajstić information content (AvgIpc) is 2.88. The van der Waals surface area contributed by atoms with Crippen LogP contribution in [0.4, 0.5) is 0 Å². The molecule has 2 aliphatic rings. The average molecular weight is 302 g/mol. The van der Waals surface area contributed by atoms with Crippen LogP contribution in [0.5, 0.6) is 0 Å². The Labute approximate surface area is 124 Å². The zero-order valence-electron chi connectivity index (χ0n) is 12.8. The normalized spacial score (nSPS) is 24.9. The van der Waals surface area contributed by atoms with E-state index in [0.717, 1.165) is 51.4 Å². The van der Waals surface area contributed by atoms with Gasteiger partial charge in [0.2, 0.25) is 10.0 Å². The molecular formula is C15H30N2O2S. The highest BCUT2D eigenvalue weighted by Gasteiger charge is 2.45. The number of rotatable bonds is 5. The van der Waals surface area contributed by atoms with Crippen molar-refractivity contribution >= 4 is 10.0 Å². The third-order valence-corrected chi connectivity index (χ3v) is 7.83. The summed E-state index contributed by atoms with van der Waals surface area (Å²) in [5, 5.41) is -0.158. The van der Waals surface area contributed by atoms with Crippen LogP contribution in [0.15, 0.2) is 0 Å². The molecule has 0 bridgehead atoms. The molecule has 118 valence electrons. The largest absolute Gasteiger partial charge is 0.329 e. The van der Waals surface area contributed by atoms with E-state index in [1.165, 1.54) is 12.8 Å². The topological polar surface area (TPSA) is 63.4 Å². The first-order valence-electron chi connectivity index (χ1n) is 8.28. The van der Waals surface area contributed by atoms with Gasteiger partial charge in [-0.25, -0.2) is 8.42 Å². The van der Waals surface area contributed by atoms with Crippen LogP contribution >= 0.6 is 0 Å². The monoisotopic (exact) mass is 302 g/mol. The summed E-state index contributed by atoms with van der Waals surface area (Å²) in [5.74, 6) is 0. The molecule has 2 rings (SSSR count). The van der Waals surface area contributed by atoms with Gasteiger partial charge in [-0.1, -0.05) is 45.4 Å².